The average molecular weight is 341 g/mol. The van der Waals surface area contributed by atoms with Gasteiger partial charge in [0.05, 0.1) is 18.3 Å². The molecule has 0 spiro atoms. The summed E-state index contributed by atoms with van der Waals surface area (Å²) in [4.78, 5) is 0. The molecule has 0 heterocycles. The average Bonchev–Trinajstić information content (AvgIpc) is 2.56. The number of aliphatic hydroxyl groups is 1. The highest BCUT2D eigenvalue weighted by Crippen LogP contribution is 2.31. The molecule has 0 fully saturated rings. The quantitative estimate of drug-likeness (QED) is 0.309. The summed E-state index contributed by atoms with van der Waals surface area (Å²) < 4.78 is 15.8. The van der Waals surface area contributed by atoms with E-state index < -0.39 is 11.5 Å². The van der Waals surface area contributed by atoms with Crippen molar-refractivity contribution in [1.29, 1.82) is 0 Å². The summed E-state index contributed by atoms with van der Waals surface area (Å²) in [6, 6.07) is 0. The summed E-state index contributed by atoms with van der Waals surface area (Å²) in [5.74, 6) is 0. The molecular weight excluding hydrogens is 304 g/mol. The summed E-state index contributed by atoms with van der Waals surface area (Å²) in [5.41, 5.74) is -0.400. The van der Waals surface area contributed by atoms with E-state index in [9.17, 15) is 5.11 Å². The molecule has 0 aromatic carbocycles. The predicted molar refractivity (Wildman–Crippen MR) is 100.0 cm³/mol. The minimum Gasteiger partial charge on any atom is -0.392 e. The normalized spacial score (nSPS) is 17.1. The van der Waals surface area contributed by atoms with Crippen LogP contribution in [0.4, 0.5) is 0 Å². The number of rotatable bonds is 13. The standard InChI is InChI=1S/C20H36O4/c1-7-13-19(24-16-22-5)20(3,4)18(21)15-12-10-8-9-11-14-17(2)23-6/h7,10-14,17-19,21H,8-9,15-16H2,1-6H3/b12-10-,13-7+,14-11+/t17-,18+,19+/m1/s1. The lowest BCUT2D eigenvalue weighted by atomic mass is 9.79. The number of ether oxygens (including phenoxy) is 3. The summed E-state index contributed by atoms with van der Waals surface area (Å²) in [6.45, 7) is 8.20. The third-order valence-corrected chi connectivity index (χ3v) is 4.13. The zero-order valence-corrected chi connectivity index (χ0v) is 16.2. The van der Waals surface area contributed by atoms with Gasteiger partial charge in [0.15, 0.2) is 0 Å². The maximum Gasteiger partial charge on any atom is 0.147 e. The SMILES string of the molecule is C/C=C/[C@H](OCOC)C(C)(C)[C@@H](O)C/C=C\CC/C=C/[C@@H](C)OC. The molecule has 0 rings (SSSR count). The molecular formula is C20H36O4. The fourth-order valence-corrected chi connectivity index (χ4v) is 2.23. The molecule has 4 heteroatoms. The van der Waals surface area contributed by atoms with E-state index in [1.54, 1.807) is 14.2 Å². The molecule has 0 unspecified atom stereocenters. The number of aliphatic hydroxyl groups excluding tert-OH is 1. The van der Waals surface area contributed by atoms with Crippen LogP contribution >= 0.6 is 0 Å². The van der Waals surface area contributed by atoms with Crippen molar-refractivity contribution in [2.24, 2.45) is 5.41 Å². The van der Waals surface area contributed by atoms with Crippen molar-refractivity contribution in [2.45, 2.75) is 65.3 Å². The summed E-state index contributed by atoms with van der Waals surface area (Å²) in [5, 5.41) is 10.5. The van der Waals surface area contributed by atoms with Crippen LogP contribution in [0.1, 0.15) is 47.0 Å². The van der Waals surface area contributed by atoms with Gasteiger partial charge in [-0.1, -0.05) is 50.3 Å². The molecule has 4 nitrogen and oxygen atoms in total. The number of unbranched alkanes of at least 4 members (excludes halogenated alkanes) is 1. The Morgan fingerprint density at radius 1 is 1.04 bits per heavy atom. The zero-order chi connectivity index (χ0) is 18.4. The summed E-state index contributed by atoms with van der Waals surface area (Å²) in [7, 11) is 3.30. The fourth-order valence-electron chi connectivity index (χ4n) is 2.23. The van der Waals surface area contributed by atoms with E-state index in [1.165, 1.54) is 0 Å². The van der Waals surface area contributed by atoms with E-state index in [-0.39, 0.29) is 19.0 Å². The van der Waals surface area contributed by atoms with Gasteiger partial charge in [0, 0.05) is 19.6 Å². The lowest BCUT2D eigenvalue weighted by Gasteiger charge is -2.36. The molecule has 0 aromatic rings. The zero-order valence-electron chi connectivity index (χ0n) is 16.2. The molecule has 0 radical (unpaired) electrons. The van der Waals surface area contributed by atoms with Crippen LogP contribution in [0.25, 0.3) is 0 Å². The Kier molecular flexibility index (Phi) is 12.8. The molecule has 3 atom stereocenters. The van der Waals surface area contributed by atoms with Crippen molar-refractivity contribution in [1.82, 2.24) is 0 Å². The smallest absolute Gasteiger partial charge is 0.147 e. The first kappa shape index (κ1) is 23.1. The monoisotopic (exact) mass is 340 g/mol. The van der Waals surface area contributed by atoms with E-state index >= 15 is 0 Å². The van der Waals surface area contributed by atoms with E-state index in [2.05, 4.69) is 18.2 Å². The Morgan fingerprint density at radius 3 is 2.29 bits per heavy atom. The Balaban J connectivity index is 4.37. The molecule has 0 amide bonds. The number of hydrogen-bond donors (Lipinski definition) is 1. The van der Waals surface area contributed by atoms with Crippen LogP contribution in [0, 0.1) is 5.41 Å². The molecule has 0 aliphatic rings. The van der Waals surface area contributed by atoms with Crippen molar-refractivity contribution in [3.8, 4) is 0 Å². The summed E-state index contributed by atoms with van der Waals surface area (Å²) in [6.07, 6.45) is 14.3. The van der Waals surface area contributed by atoms with Crippen LogP contribution < -0.4 is 0 Å². The van der Waals surface area contributed by atoms with Gasteiger partial charge in [0.25, 0.3) is 0 Å². The number of hydrogen-bond acceptors (Lipinski definition) is 4. The molecule has 0 saturated carbocycles. The second-order valence-electron chi connectivity index (χ2n) is 6.51. The van der Waals surface area contributed by atoms with Crippen molar-refractivity contribution in [2.75, 3.05) is 21.0 Å². The molecule has 0 bridgehead atoms. The van der Waals surface area contributed by atoms with Gasteiger partial charge in [0.2, 0.25) is 0 Å². The van der Waals surface area contributed by atoms with Gasteiger partial charge in [-0.05, 0) is 33.1 Å². The van der Waals surface area contributed by atoms with E-state index in [1.807, 2.05) is 45.9 Å². The molecule has 0 aromatic heterocycles. The molecule has 0 aliphatic heterocycles. The minimum atomic E-state index is -0.490. The van der Waals surface area contributed by atoms with Gasteiger partial charge < -0.3 is 19.3 Å². The highest BCUT2D eigenvalue weighted by atomic mass is 16.7. The number of methoxy groups -OCH3 is 2. The highest BCUT2D eigenvalue weighted by Gasteiger charge is 2.35. The topological polar surface area (TPSA) is 47.9 Å². The minimum absolute atomic E-state index is 0.159. The third kappa shape index (κ3) is 9.38. The van der Waals surface area contributed by atoms with Crippen LogP contribution in [0.5, 0.6) is 0 Å². The summed E-state index contributed by atoms with van der Waals surface area (Å²) >= 11 is 0. The lowest BCUT2D eigenvalue weighted by Crippen LogP contribution is -2.41. The van der Waals surface area contributed by atoms with Crippen molar-refractivity contribution in [3.05, 3.63) is 36.5 Å². The Bertz CT molecular complexity index is 385. The van der Waals surface area contributed by atoms with Gasteiger partial charge in [-0.15, -0.1) is 0 Å². The van der Waals surface area contributed by atoms with Crippen molar-refractivity contribution in [3.63, 3.8) is 0 Å². The molecule has 1 N–H and O–H groups in total. The molecule has 0 saturated heterocycles. The first-order valence-corrected chi connectivity index (χ1v) is 8.66. The Labute approximate surface area is 148 Å². The van der Waals surface area contributed by atoms with E-state index in [0.717, 1.165) is 12.8 Å². The van der Waals surface area contributed by atoms with Gasteiger partial charge >= 0.3 is 0 Å². The van der Waals surface area contributed by atoms with Gasteiger partial charge in [0.1, 0.15) is 6.79 Å². The van der Waals surface area contributed by atoms with E-state index in [4.69, 9.17) is 14.2 Å². The third-order valence-electron chi connectivity index (χ3n) is 4.13. The largest absolute Gasteiger partial charge is 0.392 e. The second-order valence-corrected chi connectivity index (χ2v) is 6.51. The van der Waals surface area contributed by atoms with Crippen LogP contribution in [0.15, 0.2) is 36.5 Å². The number of allylic oxidation sites excluding steroid dienone is 3. The molecule has 0 aliphatic carbocycles. The van der Waals surface area contributed by atoms with Crippen LogP contribution in [0.2, 0.25) is 0 Å². The van der Waals surface area contributed by atoms with Gasteiger partial charge in [-0.25, -0.2) is 0 Å². The van der Waals surface area contributed by atoms with Crippen molar-refractivity contribution < 1.29 is 19.3 Å². The molecule has 24 heavy (non-hydrogen) atoms. The van der Waals surface area contributed by atoms with Crippen molar-refractivity contribution >= 4 is 0 Å². The van der Waals surface area contributed by atoms with Gasteiger partial charge in [-0.2, -0.15) is 0 Å². The van der Waals surface area contributed by atoms with Crippen LogP contribution in [-0.4, -0.2) is 44.4 Å². The van der Waals surface area contributed by atoms with E-state index in [0.29, 0.717) is 6.42 Å². The second kappa shape index (κ2) is 13.4. The Hall–Kier alpha value is -0.940. The van der Waals surface area contributed by atoms with Gasteiger partial charge in [-0.3, -0.25) is 0 Å². The maximum atomic E-state index is 10.5. The van der Waals surface area contributed by atoms with Crippen LogP contribution in [0.3, 0.4) is 0 Å². The van der Waals surface area contributed by atoms with Crippen LogP contribution in [-0.2, 0) is 14.2 Å². The highest BCUT2D eigenvalue weighted by molar-refractivity contribution is 5.01. The maximum absolute atomic E-state index is 10.5. The Morgan fingerprint density at radius 2 is 1.71 bits per heavy atom. The predicted octanol–water partition coefficient (Wildman–Crippen LogP) is 4.26. The first-order valence-electron chi connectivity index (χ1n) is 8.66. The lowest BCUT2D eigenvalue weighted by molar-refractivity contribution is -0.119. The fraction of sp³-hybridized carbons (Fsp3) is 0.700. The molecule has 140 valence electrons. The first-order chi connectivity index (χ1) is 11.4.